The lowest BCUT2D eigenvalue weighted by Crippen LogP contribution is -2.53. The molecule has 3 aromatic rings. The number of nitrogens with zero attached hydrogens (tertiary/aromatic N) is 4. The average Bonchev–Trinajstić information content (AvgIpc) is 3.31. The SMILES string of the molecule is CN(C(=O)C1CCN(C(=O)O[C@@H]2CCO[C@H](COC(=O)N3CCC(NC(=O)c4cccc(CNC(=O)OC(C)(C)C)c4)CC3)[C@H]2OCc2ccccc2)CC1)c1ccc(NC(=O)OC(C)(C)C)nc1. The fraction of sp³-hybridized carbons (Fsp3) is 0.540. The Morgan fingerprint density at radius 1 is 0.768 bits per heavy atom. The van der Waals surface area contributed by atoms with Crippen LogP contribution in [0.25, 0.3) is 0 Å². The van der Waals surface area contributed by atoms with Crippen molar-refractivity contribution in [1.29, 1.82) is 0 Å². The largest absolute Gasteiger partial charge is 0.447 e. The number of piperidine rings is 2. The van der Waals surface area contributed by atoms with Crippen LogP contribution in [0.3, 0.4) is 0 Å². The fourth-order valence-electron chi connectivity index (χ4n) is 8.10. The third-order valence-corrected chi connectivity index (χ3v) is 11.7. The lowest BCUT2D eigenvalue weighted by Gasteiger charge is -2.39. The zero-order valence-corrected chi connectivity index (χ0v) is 40.7. The minimum Gasteiger partial charge on any atom is -0.447 e. The van der Waals surface area contributed by atoms with Gasteiger partial charge >= 0.3 is 24.4 Å². The van der Waals surface area contributed by atoms with E-state index < -0.39 is 53.9 Å². The van der Waals surface area contributed by atoms with Gasteiger partial charge in [-0.25, -0.2) is 24.2 Å². The van der Waals surface area contributed by atoms with Crippen molar-refractivity contribution in [3.8, 4) is 0 Å². The lowest BCUT2D eigenvalue weighted by molar-refractivity contribution is -0.178. The van der Waals surface area contributed by atoms with E-state index in [-0.39, 0.29) is 56.0 Å². The van der Waals surface area contributed by atoms with E-state index in [1.807, 2.05) is 36.4 Å². The van der Waals surface area contributed by atoms with E-state index >= 15 is 0 Å². The molecule has 3 N–H and O–H groups in total. The molecule has 19 heteroatoms. The van der Waals surface area contributed by atoms with Crippen molar-refractivity contribution >= 4 is 47.7 Å². The summed E-state index contributed by atoms with van der Waals surface area (Å²) >= 11 is 0. The molecule has 0 radical (unpaired) electrons. The predicted molar refractivity (Wildman–Crippen MR) is 254 cm³/mol. The summed E-state index contributed by atoms with van der Waals surface area (Å²) < 4.78 is 35.0. The Morgan fingerprint density at radius 3 is 2.09 bits per heavy atom. The summed E-state index contributed by atoms with van der Waals surface area (Å²) in [5.41, 5.74) is 1.37. The molecule has 1 aromatic heterocycles. The Kier molecular flexibility index (Phi) is 17.8. The molecule has 3 aliphatic heterocycles. The minimum atomic E-state index is -0.754. The second-order valence-corrected chi connectivity index (χ2v) is 19.4. The van der Waals surface area contributed by atoms with Gasteiger partial charge in [0.2, 0.25) is 5.91 Å². The number of likely N-dealkylation sites (tertiary alicyclic amines) is 2. The van der Waals surface area contributed by atoms with Gasteiger partial charge in [0.15, 0.2) is 0 Å². The van der Waals surface area contributed by atoms with Crippen LogP contribution in [0, 0.1) is 5.92 Å². The molecule has 0 bridgehead atoms. The normalized spacial score (nSPS) is 19.1. The molecule has 19 nitrogen and oxygen atoms in total. The second kappa shape index (κ2) is 23.7. The van der Waals surface area contributed by atoms with Crippen LogP contribution in [0.5, 0.6) is 0 Å². The number of nitrogens with one attached hydrogen (secondary N) is 3. The van der Waals surface area contributed by atoms with Gasteiger partial charge in [0.1, 0.15) is 41.9 Å². The summed E-state index contributed by atoms with van der Waals surface area (Å²) in [6.07, 6.45) is -0.654. The van der Waals surface area contributed by atoms with Crippen molar-refractivity contribution in [2.24, 2.45) is 5.92 Å². The highest BCUT2D eigenvalue weighted by Gasteiger charge is 2.41. The first-order valence-corrected chi connectivity index (χ1v) is 23.5. The molecule has 3 saturated heterocycles. The zero-order valence-electron chi connectivity index (χ0n) is 40.7. The third kappa shape index (κ3) is 16.1. The molecule has 3 aliphatic rings. The highest BCUT2D eigenvalue weighted by atomic mass is 16.6. The molecule has 0 spiro atoms. The van der Waals surface area contributed by atoms with E-state index in [9.17, 15) is 28.8 Å². The first-order chi connectivity index (χ1) is 32.8. The molecular weight excluding hydrogens is 891 g/mol. The van der Waals surface area contributed by atoms with Crippen LogP contribution in [0.15, 0.2) is 72.9 Å². The molecule has 0 unspecified atom stereocenters. The van der Waals surface area contributed by atoms with Crippen LogP contribution in [-0.4, -0.2) is 133 Å². The van der Waals surface area contributed by atoms with Gasteiger partial charge in [0.05, 0.1) is 25.1 Å². The Bertz CT molecular complexity index is 2220. The van der Waals surface area contributed by atoms with Crippen molar-refractivity contribution in [3.63, 3.8) is 0 Å². The van der Waals surface area contributed by atoms with E-state index in [0.717, 1.165) is 11.1 Å². The van der Waals surface area contributed by atoms with Gasteiger partial charge in [0, 0.05) is 63.7 Å². The first-order valence-electron chi connectivity index (χ1n) is 23.5. The summed E-state index contributed by atoms with van der Waals surface area (Å²) in [5, 5.41) is 8.35. The van der Waals surface area contributed by atoms with Gasteiger partial charge < -0.3 is 53.8 Å². The highest BCUT2D eigenvalue weighted by Crippen LogP contribution is 2.27. The summed E-state index contributed by atoms with van der Waals surface area (Å²) in [4.78, 5) is 87.0. The van der Waals surface area contributed by atoms with E-state index in [1.165, 1.54) is 11.1 Å². The molecule has 3 fully saturated rings. The number of benzene rings is 2. The van der Waals surface area contributed by atoms with Crippen molar-refractivity contribution < 1.29 is 57.2 Å². The van der Waals surface area contributed by atoms with Crippen molar-refractivity contribution in [3.05, 3.63) is 89.6 Å². The topological polar surface area (TPSA) is 216 Å². The molecule has 0 saturated carbocycles. The molecular formula is C50H67N7O12. The quantitative estimate of drug-likeness (QED) is 0.147. The van der Waals surface area contributed by atoms with Crippen molar-refractivity contribution in [2.45, 2.75) is 122 Å². The lowest BCUT2D eigenvalue weighted by atomic mass is 9.95. The van der Waals surface area contributed by atoms with E-state index in [0.29, 0.717) is 69.5 Å². The molecule has 0 aliphatic carbocycles. The number of aromatic nitrogens is 1. The average molecular weight is 958 g/mol. The van der Waals surface area contributed by atoms with Gasteiger partial charge in [-0.1, -0.05) is 42.5 Å². The Morgan fingerprint density at radius 2 is 1.42 bits per heavy atom. The van der Waals surface area contributed by atoms with Crippen LogP contribution in [0.2, 0.25) is 0 Å². The summed E-state index contributed by atoms with van der Waals surface area (Å²) in [5.74, 6) is -0.415. The van der Waals surface area contributed by atoms with Gasteiger partial charge in [0.25, 0.3) is 5.91 Å². The number of anilines is 2. The maximum Gasteiger partial charge on any atom is 0.413 e. The first kappa shape index (κ1) is 51.9. The molecule has 4 heterocycles. The van der Waals surface area contributed by atoms with Crippen molar-refractivity contribution in [1.82, 2.24) is 25.4 Å². The second-order valence-electron chi connectivity index (χ2n) is 19.4. The number of amides is 6. The molecule has 3 atom stereocenters. The molecule has 6 rings (SSSR count). The van der Waals surface area contributed by atoms with Gasteiger partial charge in [-0.3, -0.25) is 14.9 Å². The number of ether oxygens (including phenoxy) is 6. The number of hydrogen-bond acceptors (Lipinski definition) is 13. The minimum absolute atomic E-state index is 0.115. The maximum atomic E-state index is 13.7. The fourth-order valence-corrected chi connectivity index (χ4v) is 8.10. The summed E-state index contributed by atoms with van der Waals surface area (Å²) in [6.45, 7) is 12.5. The van der Waals surface area contributed by atoms with Gasteiger partial charge in [-0.05, 0) is 103 Å². The van der Waals surface area contributed by atoms with Crippen LogP contribution in [0.4, 0.5) is 30.7 Å². The van der Waals surface area contributed by atoms with Crippen LogP contribution in [0.1, 0.15) is 95.1 Å². The van der Waals surface area contributed by atoms with Crippen LogP contribution < -0.4 is 20.9 Å². The highest BCUT2D eigenvalue weighted by molar-refractivity contribution is 5.95. The molecule has 374 valence electrons. The smallest absolute Gasteiger partial charge is 0.413 e. The number of carbonyl (C=O) groups is 6. The monoisotopic (exact) mass is 957 g/mol. The van der Waals surface area contributed by atoms with Crippen LogP contribution >= 0.6 is 0 Å². The van der Waals surface area contributed by atoms with Crippen LogP contribution in [-0.2, 0) is 46.4 Å². The number of hydrogen-bond donors (Lipinski definition) is 3. The number of carbonyl (C=O) groups excluding carboxylic acids is 6. The summed E-state index contributed by atoms with van der Waals surface area (Å²) in [7, 11) is 1.67. The van der Waals surface area contributed by atoms with Gasteiger partial charge in [-0.2, -0.15) is 0 Å². The summed E-state index contributed by atoms with van der Waals surface area (Å²) in [6, 6.07) is 19.7. The number of pyridine rings is 1. The standard InChI is InChI=1S/C50H67N7O12/c1-49(2,3)68-45(60)52-29-34-14-11-15-36(28-34)43(58)53-37-20-25-56(26-21-37)47(62)66-32-40-42(65-31-33-12-9-8-10-13-33)39(22-27-64-40)67-48(63)57-23-18-35(19-24-57)44(59)55(7)38-16-17-41(51-30-38)54-46(61)69-50(4,5)6/h8-17,28,30,35,37,39-40,42H,18-27,29,31-32H2,1-7H3,(H,52,60)(H,53,58)(H,51,54,61)/t39-,40-,42+/m1/s1. The number of rotatable bonds is 13. The third-order valence-electron chi connectivity index (χ3n) is 11.7. The Hall–Kier alpha value is -6.47. The van der Waals surface area contributed by atoms with E-state index in [1.54, 1.807) is 88.7 Å². The van der Waals surface area contributed by atoms with Crippen molar-refractivity contribution in [2.75, 3.05) is 56.7 Å². The Balaban J connectivity index is 0.966. The molecule has 2 aromatic carbocycles. The molecule has 69 heavy (non-hydrogen) atoms. The van der Waals surface area contributed by atoms with Gasteiger partial charge in [-0.15, -0.1) is 0 Å². The maximum absolute atomic E-state index is 13.7. The number of alkyl carbamates (subject to hydrolysis) is 1. The Labute approximate surface area is 403 Å². The molecule has 6 amide bonds. The van der Waals surface area contributed by atoms with E-state index in [4.69, 9.17) is 28.4 Å². The van der Waals surface area contributed by atoms with E-state index in [2.05, 4.69) is 20.9 Å². The zero-order chi connectivity index (χ0) is 49.7. The predicted octanol–water partition coefficient (Wildman–Crippen LogP) is 7.04.